The zero-order valence-electron chi connectivity index (χ0n) is 11.8. The van der Waals surface area contributed by atoms with Crippen LogP contribution in [0.4, 0.5) is 8.78 Å². The summed E-state index contributed by atoms with van der Waals surface area (Å²) in [6.45, 7) is 0.00472. The second kappa shape index (κ2) is 7.67. The van der Waals surface area contributed by atoms with E-state index in [1.54, 1.807) is 6.20 Å². The Kier molecular flexibility index (Phi) is 6.22. The van der Waals surface area contributed by atoms with E-state index in [0.29, 0.717) is 12.1 Å². The van der Waals surface area contributed by atoms with Gasteiger partial charge in [-0.3, -0.25) is 15.1 Å². The number of nitrogens with zero attached hydrogens (tertiary/aromatic N) is 1. The topological polar surface area (TPSA) is 91.8 Å². The Bertz CT molecular complexity index is 452. The summed E-state index contributed by atoms with van der Waals surface area (Å²) in [6.07, 6.45) is 2.72. The maximum atomic E-state index is 12.4. The summed E-state index contributed by atoms with van der Waals surface area (Å²) in [5.74, 6) is -3.43. The number of rotatable bonds is 2. The molecular weight excluding hydrogens is 286 g/mol. The van der Waals surface area contributed by atoms with E-state index in [2.05, 4.69) is 25.7 Å². The third-order valence-corrected chi connectivity index (χ3v) is 2.81. The highest BCUT2D eigenvalue weighted by molar-refractivity contribution is 5.90. The first-order chi connectivity index (χ1) is 9.89. The number of carbonyl (C=O) groups excluding carboxylic acids is 2. The number of hydrogen-bond acceptors (Lipinski definition) is 6. The van der Waals surface area contributed by atoms with E-state index >= 15 is 0 Å². The lowest BCUT2D eigenvalue weighted by Gasteiger charge is -2.07. The normalized spacial score (nSPS) is 22.3. The van der Waals surface area contributed by atoms with Crippen molar-refractivity contribution in [1.29, 1.82) is 0 Å². The van der Waals surface area contributed by atoms with Crippen LogP contribution in [0.3, 0.4) is 0 Å². The molecule has 2 heterocycles. The Labute approximate surface area is 120 Å². The molecule has 0 aromatic heterocycles. The van der Waals surface area contributed by atoms with Gasteiger partial charge < -0.3 is 15.4 Å². The predicted molar refractivity (Wildman–Crippen MR) is 72.0 cm³/mol. The van der Waals surface area contributed by atoms with Gasteiger partial charge in [0.1, 0.15) is 0 Å². The van der Waals surface area contributed by atoms with Crippen LogP contribution in [0.2, 0.25) is 0 Å². The minimum absolute atomic E-state index is 0.329. The van der Waals surface area contributed by atoms with E-state index in [1.807, 2.05) is 0 Å². The molecule has 1 amide bonds. The molecule has 1 fully saturated rings. The third-order valence-electron chi connectivity index (χ3n) is 2.81. The van der Waals surface area contributed by atoms with Gasteiger partial charge in [0.2, 0.25) is 5.91 Å². The molecule has 3 N–H and O–H groups in total. The molecule has 9 heteroatoms. The molecule has 0 bridgehead atoms. The highest BCUT2D eigenvalue weighted by Gasteiger charge is 2.41. The van der Waals surface area contributed by atoms with E-state index in [-0.39, 0.29) is 11.9 Å². The van der Waals surface area contributed by atoms with Gasteiger partial charge in [-0.2, -0.15) is 0 Å². The summed E-state index contributed by atoms with van der Waals surface area (Å²) in [6, 6.07) is -0.727. The maximum absolute atomic E-state index is 12.4. The molecule has 2 rings (SSSR count). The van der Waals surface area contributed by atoms with E-state index in [1.165, 1.54) is 20.5 Å². The second-order valence-corrected chi connectivity index (χ2v) is 4.41. The minimum Gasteiger partial charge on any atom is -0.466 e. The quantitative estimate of drug-likeness (QED) is 0.593. The van der Waals surface area contributed by atoms with Crippen molar-refractivity contribution in [3.05, 3.63) is 11.8 Å². The van der Waals surface area contributed by atoms with Crippen molar-refractivity contribution in [2.75, 3.05) is 27.2 Å². The molecule has 2 aliphatic rings. The predicted octanol–water partition coefficient (Wildman–Crippen LogP) is -0.596. The number of aliphatic imine (C=N–C) groups is 1. The molecule has 0 spiro atoms. The van der Waals surface area contributed by atoms with Gasteiger partial charge in [0.05, 0.1) is 38.2 Å². The Morgan fingerprint density at radius 2 is 2.24 bits per heavy atom. The van der Waals surface area contributed by atoms with Gasteiger partial charge in [-0.25, -0.2) is 13.6 Å². The average molecular weight is 304 g/mol. The van der Waals surface area contributed by atoms with Crippen LogP contribution in [0, 0.1) is 0 Å². The minimum atomic E-state index is -2.73. The van der Waals surface area contributed by atoms with Gasteiger partial charge in [0.15, 0.2) is 0 Å². The maximum Gasteiger partial charge on any atom is 0.337 e. The molecule has 0 radical (unpaired) electrons. The van der Waals surface area contributed by atoms with Crippen LogP contribution in [0.5, 0.6) is 0 Å². The molecule has 0 aliphatic carbocycles. The van der Waals surface area contributed by atoms with E-state index in [4.69, 9.17) is 0 Å². The molecule has 0 aromatic carbocycles. The number of ether oxygens (including phenoxy) is 1. The summed E-state index contributed by atoms with van der Waals surface area (Å²) in [5.41, 5.74) is 0.546. The van der Waals surface area contributed by atoms with Crippen molar-refractivity contribution < 1.29 is 23.1 Å². The fourth-order valence-electron chi connectivity index (χ4n) is 1.71. The molecular formula is C12H18F2N4O3. The van der Waals surface area contributed by atoms with Crippen molar-refractivity contribution >= 4 is 18.2 Å². The van der Waals surface area contributed by atoms with Gasteiger partial charge in [-0.15, -0.1) is 0 Å². The summed E-state index contributed by atoms with van der Waals surface area (Å²) in [7, 11) is 2.78. The highest BCUT2D eigenvalue weighted by Crippen LogP contribution is 2.24. The first-order valence-electron chi connectivity index (χ1n) is 6.24. The molecule has 2 aliphatic heterocycles. The highest BCUT2D eigenvalue weighted by atomic mass is 19.3. The summed E-state index contributed by atoms with van der Waals surface area (Å²) in [4.78, 5) is 25.4. The van der Waals surface area contributed by atoms with Crippen LogP contribution < -0.4 is 16.0 Å². The monoisotopic (exact) mass is 304 g/mol. The van der Waals surface area contributed by atoms with Crippen LogP contribution in [-0.2, 0) is 14.3 Å². The standard InChI is InChI=1S/C6H10F2N2O.C6H8N2O2/c1-9-5(11)4-2-6(7,8)3-10-4;1-10-6(9)5-2-7-4-8-3-5/h4,10H,2-3H2,1H3,(H,9,11);2,4H,3H2,1H3,(H,7,8)/t4-;/m0./s1. The number of nitrogens with one attached hydrogen (secondary N) is 3. The molecule has 1 saturated heterocycles. The molecule has 118 valence electrons. The zero-order chi connectivity index (χ0) is 15.9. The smallest absolute Gasteiger partial charge is 0.337 e. The van der Waals surface area contributed by atoms with Gasteiger partial charge >= 0.3 is 5.97 Å². The summed E-state index contributed by atoms with van der Waals surface area (Å²) in [5, 5.41) is 7.44. The van der Waals surface area contributed by atoms with E-state index in [0.717, 1.165) is 0 Å². The summed E-state index contributed by atoms with van der Waals surface area (Å²) >= 11 is 0. The van der Waals surface area contributed by atoms with Crippen LogP contribution in [0.1, 0.15) is 6.42 Å². The molecule has 1 atom stereocenters. The number of hydrogen-bond donors (Lipinski definition) is 3. The van der Waals surface area contributed by atoms with Crippen LogP contribution in [0.15, 0.2) is 16.8 Å². The van der Waals surface area contributed by atoms with E-state index in [9.17, 15) is 18.4 Å². The lowest BCUT2D eigenvalue weighted by molar-refractivity contribution is -0.136. The first-order valence-corrected chi connectivity index (χ1v) is 6.24. The van der Waals surface area contributed by atoms with Gasteiger partial charge in [0, 0.05) is 19.7 Å². The van der Waals surface area contributed by atoms with Crippen molar-refractivity contribution in [2.24, 2.45) is 4.99 Å². The molecule has 0 aromatic rings. The van der Waals surface area contributed by atoms with Crippen molar-refractivity contribution in [2.45, 2.75) is 18.4 Å². The van der Waals surface area contributed by atoms with Crippen molar-refractivity contribution in [3.63, 3.8) is 0 Å². The molecule has 0 saturated carbocycles. The lowest BCUT2D eigenvalue weighted by Crippen LogP contribution is -2.38. The number of alkyl halides is 2. The number of methoxy groups -OCH3 is 1. The van der Waals surface area contributed by atoms with Gasteiger partial charge in [0.25, 0.3) is 5.92 Å². The van der Waals surface area contributed by atoms with Crippen LogP contribution >= 0.6 is 0 Å². The van der Waals surface area contributed by atoms with E-state index < -0.39 is 24.9 Å². The fraction of sp³-hybridized carbons (Fsp3) is 0.583. The van der Waals surface area contributed by atoms with Crippen LogP contribution in [-0.4, -0.2) is 57.4 Å². The Morgan fingerprint density at radius 1 is 1.52 bits per heavy atom. The fourth-order valence-corrected chi connectivity index (χ4v) is 1.71. The third kappa shape index (κ3) is 5.46. The van der Waals surface area contributed by atoms with Gasteiger partial charge in [-0.05, 0) is 0 Å². The summed E-state index contributed by atoms with van der Waals surface area (Å²) < 4.78 is 29.4. The molecule has 7 nitrogen and oxygen atoms in total. The Hall–Kier alpha value is -2.03. The van der Waals surface area contributed by atoms with Gasteiger partial charge in [-0.1, -0.05) is 0 Å². The molecule has 21 heavy (non-hydrogen) atoms. The number of likely N-dealkylation sites (N-methyl/N-ethyl adjacent to an activating group) is 1. The number of esters is 1. The average Bonchev–Trinajstić information content (AvgIpc) is 2.87. The Balaban J connectivity index is 0.000000211. The number of carbonyl (C=O) groups is 2. The zero-order valence-corrected chi connectivity index (χ0v) is 11.8. The van der Waals surface area contributed by atoms with Crippen molar-refractivity contribution in [1.82, 2.24) is 16.0 Å². The number of halogens is 2. The number of amides is 1. The Morgan fingerprint density at radius 3 is 2.67 bits per heavy atom. The lowest BCUT2D eigenvalue weighted by atomic mass is 10.2. The van der Waals surface area contributed by atoms with Crippen LogP contribution in [0.25, 0.3) is 0 Å². The largest absolute Gasteiger partial charge is 0.466 e. The molecule has 0 unspecified atom stereocenters. The second-order valence-electron chi connectivity index (χ2n) is 4.41. The SMILES string of the molecule is CNC(=O)[C@@H]1CC(F)(F)CN1.COC(=O)C1=CNC=NC1. The van der Waals surface area contributed by atoms with Crippen molar-refractivity contribution in [3.8, 4) is 0 Å². The first kappa shape index (κ1) is 17.0.